The molecule has 1 aromatic carbocycles. The summed E-state index contributed by atoms with van der Waals surface area (Å²) in [4.78, 5) is 11.0. The first-order valence-electron chi connectivity index (χ1n) is 6.38. The topological polar surface area (TPSA) is 69.6 Å². The van der Waals surface area contributed by atoms with E-state index in [1.807, 2.05) is 12.1 Å². The fraction of sp³-hybridized carbons (Fsp3) is 0.500. The molecule has 1 heterocycles. The third-order valence-electron chi connectivity index (χ3n) is 3.64. The summed E-state index contributed by atoms with van der Waals surface area (Å²) in [5, 5.41) is 22.4. The molecule has 0 amide bonds. The quantitative estimate of drug-likeness (QED) is 0.798. The van der Waals surface area contributed by atoms with Gasteiger partial charge in [-0.1, -0.05) is 19.9 Å². The van der Waals surface area contributed by atoms with E-state index in [1.54, 1.807) is 0 Å². The van der Waals surface area contributed by atoms with Crippen LogP contribution < -0.4 is 5.32 Å². The van der Waals surface area contributed by atoms with E-state index >= 15 is 0 Å². The lowest BCUT2D eigenvalue weighted by Crippen LogP contribution is -2.17. The van der Waals surface area contributed by atoms with Gasteiger partial charge in [-0.15, -0.1) is 0 Å². The number of nitrogens with one attached hydrogen (secondary N) is 1. The Kier molecular flexibility index (Phi) is 4.16. The molecule has 1 saturated heterocycles. The van der Waals surface area contributed by atoms with Crippen molar-refractivity contribution in [3.05, 3.63) is 27.7 Å². The van der Waals surface area contributed by atoms with Gasteiger partial charge in [0.15, 0.2) is 0 Å². The maximum absolute atomic E-state index is 11.0. The summed E-state index contributed by atoms with van der Waals surface area (Å²) in [6.45, 7) is 4.62. The summed E-state index contributed by atoms with van der Waals surface area (Å²) in [6.07, 6.45) is 0.511. The maximum Gasteiger partial charge on any atom is 0.307 e. The maximum atomic E-state index is 11.0. The molecule has 5 heteroatoms. The minimum absolute atomic E-state index is 0.101. The normalized spacial score (nSPS) is 22.9. The van der Waals surface area contributed by atoms with Crippen LogP contribution in [0.3, 0.4) is 0 Å². The van der Waals surface area contributed by atoms with Crippen LogP contribution in [0.2, 0.25) is 0 Å². The number of halogens is 1. The Morgan fingerprint density at radius 3 is 2.68 bits per heavy atom. The number of aromatic hydroxyl groups is 1. The number of rotatable bonds is 3. The van der Waals surface area contributed by atoms with E-state index in [0.29, 0.717) is 23.4 Å². The van der Waals surface area contributed by atoms with Crippen molar-refractivity contribution in [1.82, 2.24) is 5.32 Å². The molecular formula is C14H18BrNO3. The molecule has 4 nitrogen and oxygen atoms in total. The summed E-state index contributed by atoms with van der Waals surface area (Å²) in [6, 6.07) is 3.77. The molecule has 1 fully saturated rings. The van der Waals surface area contributed by atoms with Gasteiger partial charge in [0, 0.05) is 18.2 Å². The third kappa shape index (κ3) is 2.92. The summed E-state index contributed by atoms with van der Waals surface area (Å²) < 4.78 is 0.661. The first kappa shape index (κ1) is 14.3. The Labute approximate surface area is 121 Å². The summed E-state index contributed by atoms with van der Waals surface area (Å²) in [5.74, 6) is -0.611. The fourth-order valence-electron chi connectivity index (χ4n) is 2.40. The molecular weight excluding hydrogens is 310 g/mol. The van der Waals surface area contributed by atoms with E-state index in [-0.39, 0.29) is 17.7 Å². The van der Waals surface area contributed by atoms with E-state index < -0.39 is 5.97 Å². The number of carboxylic acid groups (broad SMARTS) is 1. The SMILES string of the molecule is CC(C)c1cc(Br)c(O)c(C2CC(C(=O)O)CN2)c1. The number of hydrogen-bond acceptors (Lipinski definition) is 3. The molecule has 0 aliphatic carbocycles. The van der Waals surface area contributed by atoms with Crippen LogP contribution in [0.25, 0.3) is 0 Å². The van der Waals surface area contributed by atoms with Crippen molar-refractivity contribution in [2.24, 2.45) is 5.92 Å². The first-order valence-corrected chi connectivity index (χ1v) is 7.18. The van der Waals surface area contributed by atoms with Crippen molar-refractivity contribution in [3.63, 3.8) is 0 Å². The van der Waals surface area contributed by atoms with Crippen molar-refractivity contribution in [3.8, 4) is 5.75 Å². The first-order chi connectivity index (χ1) is 8.90. The monoisotopic (exact) mass is 327 g/mol. The second-order valence-electron chi connectivity index (χ2n) is 5.33. The largest absolute Gasteiger partial charge is 0.506 e. The predicted octanol–water partition coefficient (Wildman–Crippen LogP) is 3.01. The Hall–Kier alpha value is -1.07. The van der Waals surface area contributed by atoms with Crippen LogP contribution in [0.1, 0.15) is 43.4 Å². The van der Waals surface area contributed by atoms with Gasteiger partial charge in [0.1, 0.15) is 5.75 Å². The van der Waals surface area contributed by atoms with Crippen LogP contribution in [0.4, 0.5) is 0 Å². The molecule has 0 spiro atoms. The molecule has 0 radical (unpaired) electrons. The molecule has 0 saturated carbocycles. The van der Waals surface area contributed by atoms with E-state index in [9.17, 15) is 9.90 Å². The number of carbonyl (C=O) groups is 1. The predicted molar refractivity (Wildman–Crippen MR) is 76.4 cm³/mol. The highest BCUT2D eigenvalue weighted by atomic mass is 79.9. The summed E-state index contributed by atoms with van der Waals surface area (Å²) in [7, 11) is 0. The highest BCUT2D eigenvalue weighted by molar-refractivity contribution is 9.10. The van der Waals surface area contributed by atoms with E-state index in [2.05, 4.69) is 35.1 Å². The van der Waals surface area contributed by atoms with Gasteiger partial charge < -0.3 is 15.5 Å². The third-order valence-corrected chi connectivity index (χ3v) is 4.24. The summed E-state index contributed by atoms with van der Waals surface area (Å²) >= 11 is 3.36. The van der Waals surface area contributed by atoms with Crippen LogP contribution in [0.5, 0.6) is 5.75 Å². The van der Waals surface area contributed by atoms with Crippen LogP contribution in [0.15, 0.2) is 16.6 Å². The number of phenolic OH excluding ortho intramolecular Hbond substituents is 1. The lowest BCUT2D eigenvalue weighted by molar-refractivity contribution is -0.141. The molecule has 1 aliphatic rings. The molecule has 19 heavy (non-hydrogen) atoms. The number of aliphatic carboxylic acids is 1. The molecule has 0 aromatic heterocycles. The lowest BCUT2D eigenvalue weighted by Gasteiger charge is -2.17. The van der Waals surface area contributed by atoms with Gasteiger partial charge in [-0.25, -0.2) is 0 Å². The minimum Gasteiger partial charge on any atom is -0.506 e. The Bertz CT molecular complexity index is 502. The highest BCUT2D eigenvalue weighted by Crippen LogP contribution is 2.39. The van der Waals surface area contributed by atoms with E-state index in [0.717, 1.165) is 11.1 Å². The highest BCUT2D eigenvalue weighted by Gasteiger charge is 2.32. The molecule has 0 bridgehead atoms. The second kappa shape index (κ2) is 5.51. The van der Waals surface area contributed by atoms with E-state index in [4.69, 9.17) is 5.11 Å². The van der Waals surface area contributed by atoms with Gasteiger partial charge in [-0.2, -0.15) is 0 Å². The fourth-order valence-corrected chi connectivity index (χ4v) is 2.90. The number of hydrogen-bond donors (Lipinski definition) is 3. The number of phenols is 1. The average Bonchev–Trinajstić information content (AvgIpc) is 2.81. The molecule has 2 unspecified atom stereocenters. The zero-order valence-electron chi connectivity index (χ0n) is 11.0. The van der Waals surface area contributed by atoms with Crippen LogP contribution in [-0.4, -0.2) is 22.7 Å². The average molecular weight is 328 g/mol. The lowest BCUT2D eigenvalue weighted by atomic mass is 9.94. The van der Waals surface area contributed by atoms with Gasteiger partial charge in [-0.3, -0.25) is 4.79 Å². The molecule has 1 aliphatic heterocycles. The standard InChI is InChI=1S/C14H18BrNO3/c1-7(2)8-3-10(13(17)11(15)4-8)12-5-9(6-16-12)14(18)19/h3-4,7,9,12,16-17H,5-6H2,1-2H3,(H,18,19). The van der Waals surface area contributed by atoms with Crippen molar-refractivity contribution >= 4 is 21.9 Å². The molecule has 2 atom stereocenters. The van der Waals surface area contributed by atoms with Gasteiger partial charge >= 0.3 is 5.97 Å². The van der Waals surface area contributed by atoms with Gasteiger partial charge in [0.2, 0.25) is 0 Å². The molecule has 3 N–H and O–H groups in total. The van der Waals surface area contributed by atoms with Crippen LogP contribution in [-0.2, 0) is 4.79 Å². The minimum atomic E-state index is -0.784. The zero-order chi connectivity index (χ0) is 14.2. The van der Waals surface area contributed by atoms with Gasteiger partial charge in [0.05, 0.1) is 10.4 Å². The number of carboxylic acids is 1. The van der Waals surface area contributed by atoms with E-state index in [1.165, 1.54) is 0 Å². The van der Waals surface area contributed by atoms with Crippen molar-refractivity contribution in [2.45, 2.75) is 32.2 Å². The Morgan fingerprint density at radius 1 is 1.47 bits per heavy atom. The second-order valence-corrected chi connectivity index (χ2v) is 6.18. The van der Waals surface area contributed by atoms with Gasteiger partial charge in [0.25, 0.3) is 0 Å². The van der Waals surface area contributed by atoms with Crippen molar-refractivity contribution in [1.29, 1.82) is 0 Å². The molecule has 1 aromatic rings. The van der Waals surface area contributed by atoms with Crippen molar-refractivity contribution < 1.29 is 15.0 Å². The number of benzene rings is 1. The zero-order valence-corrected chi connectivity index (χ0v) is 12.6. The molecule has 2 rings (SSSR count). The Balaban J connectivity index is 2.32. The van der Waals surface area contributed by atoms with Crippen molar-refractivity contribution in [2.75, 3.05) is 6.54 Å². The Morgan fingerprint density at radius 2 is 2.16 bits per heavy atom. The smallest absolute Gasteiger partial charge is 0.307 e. The van der Waals surface area contributed by atoms with Gasteiger partial charge in [-0.05, 0) is 39.9 Å². The van der Waals surface area contributed by atoms with Crippen LogP contribution in [0, 0.1) is 5.92 Å². The van der Waals surface area contributed by atoms with Crippen LogP contribution >= 0.6 is 15.9 Å². The molecule has 104 valence electrons. The summed E-state index contributed by atoms with van der Waals surface area (Å²) in [5.41, 5.74) is 1.90.